The monoisotopic (exact) mass is 383 g/mol. The van der Waals surface area contributed by atoms with Crippen LogP contribution in [0.2, 0.25) is 0 Å². The molecule has 1 aliphatic carbocycles. The van der Waals surface area contributed by atoms with Gasteiger partial charge in [-0.15, -0.1) is 0 Å². The first-order valence-electron chi connectivity index (χ1n) is 8.88. The molecular weight excluding hydrogens is 367 g/mol. The Morgan fingerprint density at radius 1 is 1.07 bits per heavy atom. The summed E-state index contributed by atoms with van der Waals surface area (Å²) in [5.41, 5.74) is 2.48. The normalized spacial score (nSPS) is 15.6. The van der Waals surface area contributed by atoms with Crippen LogP contribution in [-0.2, 0) is 12.6 Å². The number of fused-ring (bicyclic) bond motifs is 2. The van der Waals surface area contributed by atoms with E-state index in [0.717, 1.165) is 24.1 Å². The van der Waals surface area contributed by atoms with Crippen molar-refractivity contribution in [3.8, 4) is 0 Å². The van der Waals surface area contributed by atoms with E-state index < -0.39 is 17.7 Å². The number of benzene rings is 2. The molecule has 0 unspecified atom stereocenters. The number of para-hydroxylation sites is 1. The largest absolute Gasteiger partial charge is 0.478 e. The molecule has 1 aromatic heterocycles. The fraction of sp³-hybridized carbons (Fsp3) is 0.182. The summed E-state index contributed by atoms with van der Waals surface area (Å²) in [5, 5.41) is 10.3. The third-order valence-electron chi connectivity index (χ3n) is 4.94. The van der Waals surface area contributed by atoms with Crippen LogP contribution >= 0.6 is 0 Å². The second-order valence-electron chi connectivity index (χ2n) is 6.78. The number of carbonyl (C=O) groups is 1. The number of alkyl halides is 3. The molecule has 0 amide bonds. The van der Waals surface area contributed by atoms with Crippen molar-refractivity contribution in [3.63, 3.8) is 0 Å². The van der Waals surface area contributed by atoms with E-state index in [-0.39, 0.29) is 5.56 Å². The van der Waals surface area contributed by atoms with Crippen LogP contribution in [0.5, 0.6) is 0 Å². The molecule has 0 saturated carbocycles. The first kappa shape index (κ1) is 18.2. The standard InChI is InChI=1S/C22H16F3NO2/c23-22(24,25)15-7-3-5-13(12-15)11-14-6-4-9-17-19(21(27)28)16-8-1-2-10-18(16)26-20(14)17/h1-3,5,7-8,10-12H,4,6,9H2,(H,27,28). The molecule has 1 N–H and O–H groups in total. The number of nitrogens with zero attached hydrogens (tertiary/aromatic N) is 1. The smallest absolute Gasteiger partial charge is 0.416 e. The van der Waals surface area contributed by atoms with Crippen LogP contribution in [0.1, 0.15) is 45.6 Å². The minimum Gasteiger partial charge on any atom is -0.478 e. The third kappa shape index (κ3) is 3.26. The van der Waals surface area contributed by atoms with E-state index in [1.54, 1.807) is 36.4 Å². The lowest BCUT2D eigenvalue weighted by molar-refractivity contribution is -0.137. The van der Waals surface area contributed by atoms with Gasteiger partial charge < -0.3 is 5.11 Å². The molecular formula is C22H16F3NO2. The summed E-state index contributed by atoms with van der Waals surface area (Å²) in [6.45, 7) is 0. The van der Waals surface area contributed by atoms with E-state index in [9.17, 15) is 23.1 Å². The van der Waals surface area contributed by atoms with Crippen molar-refractivity contribution in [2.24, 2.45) is 0 Å². The van der Waals surface area contributed by atoms with Crippen molar-refractivity contribution in [2.45, 2.75) is 25.4 Å². The van der Waals surface area contributed by atoms with E-state index in [1.807, 2.05) is 0 Å². The highest BCUT2D eigenvalue weighted by atomic mass is 19.4. The lowest BCUT2D eigenvalue weighted by Crippen LogP contribution is -2.13. The van der Waals surface area contributed by atoms with Gasteiger partial charge >= 0.3 is 12.1 Å². The summed E-state index contributed by atoms with van der Waals surface area (Å²) in [6, 6.07) is 12.1. The predicted molar refractivity (Wildman–Crippen MR) is 101 cm³/mol. The van der Waals surface area contributed by atoms with E-state index in [1.165, 1.54) is 6.07 Å². The number of aromatic carboxylic acids is 1. The van der Waals surface area contributed by atoms with E-state index >= 15 is 0 Å². The lowest BCUT2D eigenvalue weighted by atomic mass is 9.86. The SMILES string of the molecule is O=C(O)c1c2c(nc3ccccc13)C(=Cc1cccc(C(F)(F)F)c1)CCC2. The summed E-state index contributed by atoms with van der Waals surface area (Å²) in [5.74, 6) is -1.02. The van der Waals surface area contributed by atoms with Gasteiger partial charge in [-0.05, 0) is 60.2 Å². The quantitative estimate of drug-likeness (QED) is 0.606. The van der Waals surface area contributed by atoms with E-state index in [0.29, 0.717) is 40.6 Å². The number of allylic oxidation sites excluding steroid dienone is 1. The van der Waals surface area contributed by atoms with Gasteiger partial charge in [0.25, 0.3) is 0 Å². The average Bonchev–Trinajstić information content (AvgIpc) is 2.66. The van der Waals surface area contributed by atoms with Crippen LogP contribution in [-0.4, -0.2) is 16.1 Å². The highest BCUT2D eigenvalue weighted by Crippen LogP contribution is 2.37. The zero-order chi connectivity index (χ0) is 19.9. The molecule has 0 aliphatic heterocycles. The molecule has 4 rings (SSSR count). The van der Waals surface area contributed by atoms with Crippen molar-refractivity contribution >= 4 is 28.5 Å². The minimum atomic E-state index is -4.41. The fourth-order valence-corrected chi connectivity index (χ4v) is 3.73. The van der Waals surface area contributed by atoms with Crippen LogP contribution in [0.4, 0.5) is 13.2 Å². The van der Waals surface area contributed by atoms with Gasteiger partial charge in [0.15, 0.2) is 0 Å². The number of hydrogen-bond acceptors (Lipinski definition) is 2. The highest BCUT2D eigenvalue weighted by molar-refractivity contribution is 6.05. The first-order valence-corrected chi connectivity index (χ1v) is 8.88. The molecule has 3 aromatic rings. The maximum atomic E-state index is 13.0. The van der Waals surface area contributed by atoms with Crippen molar-refractivity contribution in [3.05, 3.63) is 76.5 Å². The summed E-state index contributed by atoms with van der Waals surface area (Å²) in [4.78, 5) is 16.6. The topological polar surface area (TPSA) is 50.2 Å². The summed E-state index contributed by atoms with van der Waals surface area (Å²) in [7, 11) is 0. The number of hydrogen-bond donors (Lipinski definition) is 1. The van der Waals surface area contributed by atoms with Crippen molar-refractivity contribution < 1.29 is 23.1 Å². The Kier molecular flexibility index (Phi) is 4.41. The Morgan fingerprint density at radius 3 is 2.61 bits per heavy atom. The van der Waals surface area contributed by atoms with E-state index in [4.69, 9.17) is 0 Å². The summed E-state index contributed by atoms with van der Waals surface area (Å²) >= 11 is 0. The number of rotatable bonds is 2. The molecule has 1 aliphatic rings. The number of pyridine rings is 1. The Morgan fingerprint density at radius 2 is 1.86 bits per heavy atom. The number of halogens is 3. The van der Waals surface area contributed by atoms with Gasteiger partial charge in [-0.2, -0.15) is 13.2 Å². The first-order chi connectivity index (χ1) is 13.3. The molecule has 2 aromatic carbocycles. The Labute approximate surface area is 159 Å². The second-order valence-corrected chi connectivity index (χ2v) is 6.78. The highest BCUT2D eigenvalue weighted by Gasteiger charge is 2.30. The molecule has 0 saturated heterocycles. The maximum Gasteiger partial charge on any atom is 0.416 e. The Balaban J connectivity index is 1.90. The van der Waals surface area contributed by atoms with Gasteiger partial charge in [0, 0.05) is 5.39 Å². The molecule has 0 spiro atoms. The maximum absolute atomic E-state index is 13.0. The molecule has 28 heavy (non-hydrogen) atoms. The fourth-order valence-electron chi connectivity index (χ4n) is 3.73. The zero-order valence-corrected chi connectivity index (χ0v) is 14.8. The minimum absolute atomic E-state index is 0.232. The molecule has 6 heteroatoms. The van der Waals surface area contributed by atoms with Gasteiger partial charge in [-0.1, -0.05) is 30.3 Å². The number of carboxylic acid groups (broad SMARTS) is 1. The van der Waals surface area contributed by atoms with Crippen molar-refractivity contribution in [2.75, 3.05) is 0 Å². The number of carboxylic acids is 1. The molecule has 0 atom stereocenters. The Bertz CT molecular complexity index is 1120. The summed E-state index contributed by atoms with van der Waals surface area (Å²) < 4.78 is 39.0. The molecule has 0 bridgehead atoms. The van der Waals surface area contributed by atoms with Crippen molar-refractivity contribution in [1.82, 2.24) is 4.98 Å². The average molecular weight is 383 g/mol. The van der Waals surface area contributed by atoms with Crippen LogP contribution in [0.15, 0.2) is 48.5 Å². The summed E-state index contributed by atoms with van der Waals surface area (Å²) in [6.07, 6.45) is -0.801. The molecule has 0 fully saturated rings. The van der Waals surface area contributed by atoms with Gasteiger partial charge in [0.1, 0.15) is 0 Å². The van der Waals surface area contributed by atoms with Gasteiger partial charge in [0.05, 0.1) is 22.3 Å². The molecule has 1 heterocycles. The molecule has 0 radical (unpaired) electrons. The van der Waals surface area contributed by atoms with Crippen LogP contribution in [0.25, 0.3) is 22.6 Å². The van der Waals surface area contributed by atoms with E-state index in [2.05, 4.69) is 4.98 Å². The zero-order valence-electron chi connectivity index (χ0n) is 14.8. The lowest BCUT2D eigenvalue weighted by Gasteiger charge is -2.21. The third-order valence-corrected chi connectivity index (χ3v) is 4.94. The van der Waals surface area contributed by atoms with Crippen LogP contribution in [0.3, 0.4) is 0 Å². The molecule has 142 valence electrons. The van der Waals surface area contributed by atoms with Gasteiger partial charge in [-0.25, -0.2) is 9.78 Å². The van der Waals surface area contributed by atoms with Gasteiger partial charge in [0.2, 0.25) is 0 Å². The number of aromatic nitrogens is 1. The van der Waals surface area contributed by atoms with Crippen molar-refractivity contribution in [1.29, 1.82) is 0 Å². The van der Waals surface area contributed by atoms with Crippen LogP contribution < -0.4 is 0 Å². The van der Waals surface area contributed by atoms with Crippen LogP contribution in [0, 0.1) is 0 Å². The molecule has 3 nitrogen and oxygen atoms in total. The second kappa shape index (κ2) is 6.78. The Hall–Kier alpha value is -3.15. The predicted octanol–water partition coefficient (Wildman–Crippen LogP) is 5.83. The van der Waals surface area contributed by atoms with Gasteiger partial charge in [-0.3, -0.25) is 0 Å².